The van der Waals surface area contributed by atoms with E-state index in [0.717, 1.165) is 6.08 Å². The molecular weight excluding hydrogens is 155 g/mol. The van der Waals surface area contributed by atoms with Crippen molar-refractivity contribution in [2.75, 3.05) is 5.75 Å². The molecule has 0 radical (unpaired) electrons. The molecule has 0 fully saturated rings. The van der Waals surface area contributed by atoms with Gasteiger partial charge in [-0.2, -0.15) is 8.42 Å². The predicted molar refractivity (Wildman–Crippen MR) is 31.3 cm³/mol. The van der Waals surface area contributed by atoms with E-state index >= 15 is 0 Å². The maximum absolute atomic E-state index is 9.72. The third kappa shape index (κ3) is 17.7. The Morgan fingerprint density at radius 2 is 2.00 bits per heavy atom. The van der Waals surface area contributed by atoms with Gasteiger partial charge < -0.3 is 6.90 Å². The summed E-state index contributed by atoms with van der Waals surface area (Å²) in [5.41, 5.74) is 0. The monoisotopic (exact) mass is 164 g/mol. The van der Waals surface area contributed by atoms with Gasteiger partial charge in [-0.3, -0.25) is 4.55 Å². The van der Waals surface area contributed by atoms with Gasteiger partial charge in [0.15, 0.2) is 0 Å². The van der Waals surface area contributed by atoms with E-state index in [1.165, 1.54) is 0 Å². The zero-order valence-corrected chi connectivity index (χ0v) is 7.98. The molecule has 0 aromatic rings. The van der Waals surface area contributed by atoms with Gasteiger partial charge in [-0.1, -0.05) is 6.08 Å². The van der Waals surface area contributed by atoms with Crippen molar-refractivity contribution in [2.45, 2.75) is 0 Å². The third-order valence-corrected chi connectivity index (χ3v) is 0.985. The van der Waals surface area contributed by atoms with Gasteiger partial charge >= 0.3 is 29.6 Å². The summed E-state index contributed by atoms with van der Waals surface area (Å²) in [5, 5.41) is 0. The standard InChI is InChI=1S/C3H6O3S.Na.H2O.H/c1-2-3-7(4,5)6;;;/h2H,1,3H2,(H,4,5,6);;1H2;/q;+1;;-1. The first-order chi connectivity index (χ1) is 3.06. The smallest absolute Gasteiger partial charge is 1.00 e. The second kappa shape index (κ2) is 6.73. The Labute approximate surface area is 77.8 Å². The minimum atomic E-state index is -3.79. The van der Waals surface area contributed by atoms with Crippen molar-refractivity contribution in [2.24, 2.45) is 0 Å². The van der Waals surface area contributed by atoms with E-state index in [1.807, 2.05) is 0 Å². The molecule has 0 amide bonds. The fourth-order valence-corrected chi connectivity index (χ4v) is 0.447. The Hall–Kier alpha value is 0.610. The van der Waals surface area contributed by atoms with Crippen LogP contribution >= 0.6 is 0 Å². The van der Waals surface area contributed by atoms with E-state index in [-0.39, 0.29) is 42.2 Å². The van der Waals surface area contributed by atoms with Crippen LogP contribution < -0.4 is 29.6 Å². The molecule has 52 valence electrons. The summed E-state index contributed by atoms with van der Waals surface area (Å²) in [5.74, 6) is -0.368. The normalized spacial score (nSPS) is 8.56. The maximum atomic E-state index is 9.72. The summed E-state index contributed by atoms with van der Waals surface area (Å²) in [6, 6.07) is 0. The molecule has 0 aromatic carbocycles. The van der Waals surface area contributed by atoms with E-state index in [1.54, 1.807) is 0 Å². The molecule has 6 heteroatoms. The Morgan fingerprint density at radius 1 is 1.67 bits per heavy atom. The van der Waals surface area contributed by atoms with Crippen LogP contribution in [0.5, 0.6) is 0 Å². The SMILES string of the molecule is C=CCS(=O)(=O)O.O.[H-].[Na+]. The molecule has 0 aliphatic carbocycles. The topological polar surface area (TPSA) is 85.9 Å². The average Bonchev–Trinajstić information content (AvgIpc) is 1.30. The van der Waals surface area contributed by atoms with Crippen molar-refractivity contribution in [1.29, 1.82) is 0 Å². The van der Waals surface area contributed by atoms with Gasteiger partial charge in [-0.05, 0) is 0 Å². The minimum Gasteiger partial charge on any atom is -1.00 e. The van der Waals surface area contributed by atoms with Crippen LogP contribution in [0.1, 0.15) is 1.43 Å². The van der Waals surface area contributed by atoms with E-state index in [0.29, 0.717) is 0 Å². The van der Waals surface area contributed by atoms with Crippen LogP contribution in [0.2, 0.25) is 0 Å². The van der Waals surface area contributed by atoms with Crippen LogP contribution in [-0.4, -0.2) is 24.2 Å². The van der Waals surface area contributed by atoms with Crippen molar-refractivity contribution in [1.82, 2.24) is 0 Å². The number of rotatable bonds is 2. The van der Waals surface area contributed by atoms with Crippen LogP contribution in [0, 0.1) is 0 Å². The molecule has 0 saturated heterocycles. The quantitative estimate of drug-likeness (QED) is 0.259. The summed E-state index contributed by atoms with van der Waals surface area (Å²) in [7, 11) is -3.79. The van der Waals surface area contributed by atoms with E-state index in [9.17, 15) is 8.42 Å². The fraction of sp³-hybridized carbons (Fsp3) is 0.333. The van der Waals surface area contributed by atoms with Gasteiger partial charge in [-0.15, -0.1) is 6.58 Å². The molecule has 3 N–H and O–H groups in total. The van der Waals surface area contributed by atoms with Gasteiger partial charge in [0.25, 0.3) is 10.1 Å². The second-order valence-electron chi connectivity index (χ2n) is 1.04. The molecule has 0 spiro atoms. The Morgan fingerprint density at radius 3 is 2.00 bits per heavy atom. The predicted octanol–water partition coefficient (Wildman–Crippen LogP) is -3.65. The van der Waals surface area contributed by atoms with E-state index in [2.05, 4.69) is 6.58 Å². The molecule has 4 nitrogen and oxygen atoms in total. The molecule has 0 atom stereocenters. The molecule has 0 aliphatic rings. The van der Waals surface area contributed by atoms with Crippen molar-refractivity contribution in [3.63, 3.8) is 0 Å². The number of hydrogen-bond donors (Lipinski definition) is 1. The van der Waals surface area contributed by atoms with Gasteiger partial charge in [0.2, 0.25) is 0 Å². The van der Waals surface area contributed by atoms with Crippen molar-refractivity contribution in [3.05, 3.63) is 12.7 Å². The van der Waals surface area contributed by atoms with Crippen LogP contribution in [0.4, 0.5) is 0 Å². The first-order valence-corrected chi connectivity index (χ1v) is 3.23. The molecule has 0 rings (SSSR count). The molecule has 0 bridgehead atoms. The minimum absolute atomic E-state index is 0. The third-order valence-electron chi connectivity index (χ3n) is 0.328. The maximum Gasteiger partial charge on any atom is 1.00 e. The Balaban J connectivity index is -0.0000000600. The van der Waals surface area contributed by atoms with Crippen LogP contribution in [0.25, 0.3) is 0 Å². The second-order valence-corrected chi connectivity index (χ2v) is 2.53. The summed E-state index contributed by atoms with van der Waals surface area (Å²) in [4.78, 5) is 0. The van der Waals surface area contributed by atoms with Crippen LogP contribution in [-0.2, 0) is 10.1 Å². The van der Waals surface area contributed by atoms with E-state index in [4.69, 9.17) is 4.55 Å². The molecule has 9 heavy (non-hydrogen) atoms. The van der Waals surface area contributed by atoms with Crippen molar-refractivity contribution >= 4 is 10.1 Å². The first-order valence-electron chi connectivity index (χ1n) is 1.62. The van der Waals surface area contributed by atoms with Crippen molar-refractivity contribution < 1.29 is 49.4 Å². The van der Waals surface area contributed by atoms with Gasteiger partial charge in [0.05, 0.1) is 5.75 Å². The summed E-state index contributed by atoms with van der Waals surface area (Å²) < 4.78 is 27.3. The van der Waals surface area contributed by atoms with Crippen LogP contribution in [0.15, 0.2) is 12.7 Å². The van der Waals surface area contributed by atoms with Gasteiger partial charge in [-0.25, -0.2) is 0 Å². The molecule has 0 aliphatic heterocycles. The van der Waals surface area contributed by atoms with Gasteiger partial charge in [0, 0.05) is 0 Å². The summed E-state index contributed by atoms with van der Waals surface area (Å²) >= 11 is 0. The molecule has 0 unspecified atom stereocenters. The zero-order chi connectivity index (χ0) is 5.91. The first kappa shape index (κ1) is 16.3. The van der Waals surface area contributed by atoms with Crippen LogP contribution in [0.3, 0.4) is 0 Å². The van der Waals surface area contributed by atoms with E-state index < -0.39 is 10.1 Å². The Bertz CT molecular complexity index is 154. The fourth-order valence-electron chi connectivity index (χ4n) is 0.149. The number of hydrogen-bond acceptors (Lipinski definition) is 2. The molecule has 0 aromatic heterocycles. The molecular formula is C3H9NaO4S. The summed E-state index contributed by atoms with van der Waals surface area (Å²) in [6.45, 7) is 3.11. The zero-order valence-electron chi connectivity index (χ0n) is 6.16. The average molecular weight is 164 g/mol. The van der Waals surface area contributed by atoms with Gasteiger partial charge in [0.1, 0.15) is 0 Å². The summed E-state index contributed by atoms with van der Waals surface area (Å²) in [6.07, 6.45) is 1.12. The Kier molecular flexibility index (Phi) is 12.2. The van der Waals surface area contributed by atoms with Crippen molar-refractivity contribution in [3.8, 4) is 0 Å². The molecule has 0 saturated carbocycles. The largest absolute Gasteiger partial charge is 1.00 e. The molecule has 0 heterocycles.